The Balaban J connectivity index is 2.26. The van der Waals surface area contributed by atoms with Crippen molar-refractivity contribution in [2.75, 3.05) is 5.32 Å². The predicted molar refractivity (Wildman–Crippen MR) is 89.3 cm³/mol. The maximum atomic E-state index is 12.6. The number of ether oxygens (including phenoxy) is 1. The number of anilines is 1. The van der Waals surface area contributed by atoms with Gasteiger partial charge in [0.2, 0.25) is 0 Å². The van der Waals surface area contributed by atoms with Crippen molar-refractivity contribution in [1.29, 1.82) is 5.26 Å². The molecular weight excluding hydrogens is 353 g/mol. The number of carbonyl (C=O) groups excluding carboxylic acids is 1. The van der Waals surface area contributed by atoms with E-state index in [0.717, 1.165) is 23.5 Å². The highest BCUT2D eigenvalue weighted by Gasteiger charge is 2.30. The molecule has 1 amide bonds. The second-order valence-corrected chi connectivity index (χ2v) is 7.22. The Morgan fingerprint density at radius 2 is 1.80 bits per heavy atom. The summed E-state index contributed by atoms with van der Waals surface area (Å²) in [4.78, 5) is 12.6. The fraction of sp³-hybridized carbons (Fsp3) is 0.294. The summed E-state index contributed by atoms with van der Waals surface area (Å²) in [6, 6.07) is 8.10. The summed E-state index contributed by atoms with van der Waals surface area (Å²) >= 11 is 1.07. The number of nitrogens with zero attached hydrogens (tertiary/aromatic N) is 1. The average molecular weight is 368 g/mol. The lowest BCUT2D eigenvalue weighted by Crippen LogP contribution is -2.27. The van der Waals surface area contributed by atoms with Gasteiger partial charge in [-0.2, -0.15) is 18.4 Å². The molecule has 8 heteroatoms. The molecule has 0 unspecified atom stereocenters. The number of halogens is 3. The molecule has 0 aliphatic heterocycles. The molecule has 1 aromatic carbocycles. The standard InChI is InChI=1S/C17H15F3N2O2S/c1-16(2,3)24-15(23)22-12-8-13(25-14(12)9-21)10-4-6-11(7-5-10)17(18,19)20/h4-8H,1-3H3,(H,22,23). The van der Waals surface area contributed by atoms with E-state index in [-0.39, 0.29) is 10.6 Å². The van der Waals surface area contributed by atoms with E-state index >= 15 is 0 Å². The summed E-state index contributed by atoms with van der Waals surface area (Å²) in [7, 11) is 0. The third-order valence-corrected chi connectivity index (χ3v) is 4.05. The van der Waals surface area contributed by atoms with Crippen LogP contribution >= 0.6 is 11.3 Å². The molecule has 0 saturated heterocycles. The van der Waals surface area contributed by atoms with Crippen LogP contribution in [0.4, 0.5) is 23.7 Å². The van der Waals surface area contributed by atoms with Crippen molar-refractivity contribution >= 4 is 23.1 Å². The monoisotopic (exact) mass is 368 g/mol. The van der Waals surface area contributed by atoms with Gasteiger partial charge >= 0.3 is 12.3 Å². The van der Waals surface area contributed by atoms with Gasteiger partial charge in [-0.25, -0.2) is 4.79 Å². The summed E-state index contributed by atoms with van der Waals surface area (Å²) in [5.41, 5.74) is -0.660. The number of hydrogen-bond donors (Lipinski definition) is 1. The van der Waals surface area contributed by atoms with Crippen molar-refractivity contribution in [3.8, 4) is 16.5 Å². The van der Waals surface area contributed by atoms with Crippen molar-refractivity contribution in [2.45, 2.75) is 32.5 Å². The second-order valence-electron chi connectivity index (χ2n) is 6.17. The van der Waals surface area contributed by atoms with Crippen molar-refractivity contribution in [3.05, 3.63) is 40.8 Å². The molecule has 2 aromatic rings. The Kier molecular flexibility index (Phi) is 5.09. The zero-order valence-electron chi connectivity index (χ0n) is 13.7. The maximum Gasteiger partial charge on any atom is 0.416 e. The SMILES string of the molecule is CC(C)(C)OC(=O)Nc1cc(-c2ccc(C(F)(F)F)cc2)sc1C#N. The Morgan fingerprint density at radius 1 is 1.20 bits per heavy atom. The number of hydrogen-bond acceptors (Lipinski definition) is 4. The molecule has 0 spiro atoms. The Morgan fingerprint density at radius 3 is 2.28 bits per heavy atom. The molecule has 0 aliphatic rings. The van der Waals surface area contributed by atoms with Crippen LogP contribution in [0.1, 0.15) is 31.2 Å². The van der Waals surface area contributed by atoms with Crippen LogP contribution in [-0.4, -0.2) is 11.7 Å². The molecular formula is C17H15F3N2O2S. The largest absolute Gasteiger partial charge is 0.444 e. The van der Waals surface area contributed by atoms with Gasteiger partial charge in [0.05, 0.1) is 11.3 Å². The Hall–Kier alpha value is -2.53. The smallest absolute Gasteiger partial charge is 0.416 e. The van der Waals surface area contributed by atoms with E-state index in [4.69, 9.17) is 4.74 Å². The highest BCUT2D eigenvalue weighted by Crippen LogP contribution is 2.36. The first-order valence-electron chi connectivity index (χ1n) is 7.21. The fourth-order valence-electron chi connectivity index (χ4n) is 1.95. The summed E-state index contributed by atoms with van der Waals surface area (Å²) in [5, 5.41) is 11.7. The fourth-order valence-corrected chi connectivity index (χ4v) is 2.86. The van der Waals surface area contributed by atoms with Crippen LogP contribution in [-0.2, 0) is 10.9 Å². The van der Waals surface area contributed by atoms with E-state index in [1.54, 1.807) is 20.8 Å². The first-order chi connectivity index (χ1) is 11.5. The minimum atomic E-state index is -4.41. The van der Waals surface area contributed by atoms with Crippen LogP contribution in [0.3, 0.4) is 0 Å². The average Bonchev–Trinajstić information content (AvgIpc) is 2.87. The van der Waals surface area contributed by atoms with Gasteiger partial charge in [0, 0.05) is 4.88 Å². The van der Waals surface area contributed by atoms with Gasteiger partial charge in [-0.3, -0.25) is 5.32 Å². The van der Waals surface area contributed by atoms with Gasteiger partial charge < -0.3 is 4.74 Å². The molecule has 25 heavy (non-hydrogen) atoms. The highest BCUT2D eigenvalue weighted by atomic mass is 32.1. The summed E-state index contributed by atoms with van der Waals surface area (Å²) in [5.74, 6) is 0. The van der Waals surface area contributed by atoms with Crippen LogP contribution in [0, 0.1) is 11.3 Å². The van der Waals surface area contributed by atoms with E-state index in [9.17, 15) is 23.2 Å². The molecule has 2 rings (SSSR count). The molecule has 0 aliphatic carbocycles. The molecule has 0 atom stereocenters. The number of benzene rings is 1. The molecule has 4 nitrogen and oxygen atoms in total. The number of amides is 1. The Bertz CT molecular complexity index is 812. The maximum absolute atomic E-state index is 12.6. The van der Waals surface area contributed by atoms with Crippen molar-refractivity contribution < 1.29 is 22.7 Å². The van der Waals surface area contributed by atoms with Gasteiger partial charge in [-0.1, -0.05) is 12.1 Å². The van der Waals surface area contributed by atoms with Gasteiger partial charge in [0.1, 0.15) is 16.5 Å². The molecule has 0 bridgehead atoms. The lowest BCUT2D eigenvalue weighted by Gasteiger charge is -2.19. The van der Waals surface area contributed by atoms with E-state index in [2.05, 4.69) is 5.32 Å². The van der Waals surface area contributed by atoms with Gasteiger partial charge in [0.25, 0.3) is 0 Å². The molecule has 0 saturated carbocycles. The van der Waals surface area contributed by atoms with E-state index in [1.165, 1.54) is 18.2 Å². The number of nitrogens with one attached hydrogen (secondary N) is 1. The number of thiophene rings is 1. The lowest BCUT2D eigenvalue weighted by molar-refractivity contribution is -0.137. The molecule has 0 radical (unpaired) electrons. The summed E-state index contributed by atoms with van der Waals surface area (Å²) in [6.07, 6.45) is -5.12. The van der Waals surface area contributed by atoms with Crippen LogP contribution in [0.5, 0.6) is 0 Å². The lowest BCUT2D eigenvalue weighted by atomic mass is 10.1. The topological polar surface area (TPSA) is 62.1 Å². The first kappa shape index (κ1) is 18.8. The zero-order valence-corrected chi connectivity index (χ0v) is 14.5. The summed E-state index contributed by atoms with van der Waals surface area (Å²) in [6.45, 7) is 5.12. The predicted octanol–water partition coefficient (Wildman–Crippen LogP) is 5.65. The van der Waals surface area contributed by atoms with E-state index in [1.807, 2.05) is 6.07 Å². The van der Waals surface area contributed by atoms with Gasteiger partial charge in [-0.15, -0.1) is 11.3 Å². The summed E-state index contributed by atoms with van der Waals surface area (Å²) < 4.78 is 43.0. The quantitative estimate of drug-likeness (QED) is 0.745. The third-order valence-electron chi connectivity index (χ3n) is 2.97. The van der Waals surface area contributed by atoms with Crippen molar-refractivity contribution in [2.24, 2.45) is 0 Å². The molecule has 1 heterocycles. The molecule has 132 valence electrons. The van der Waals surface area contributed by atoms with Crippen molar-refractivity contribution in [1.82, 2.24) is 0 Å². The molecule has 1 aromatic heterocycles. The van der Waals surface area contributed by atoms with Crippen LogP contribution in [0.2, 0.25) is 0 Å². The van der Waals surface area contributed by atoms with Crippen LogP contribution in [0.15, 0.2) is 30.3 Å². The zero-order chi connectivity index (χ0) is 18.8. The number of rotatable bonds is 2. The minimum absolute atomic E-state index is 0.237. The molecule has 1 N–H and O–H groups in total. The first-order valence-corrected chi connectivity index (χ1v) is 8.03. The van der Waals surface area contributed by atoms with Crippen molar-refractivity contribution in [3.63, 3.8) is 0 Å². The minimum Gasteiger partial charge on any atom is -0.444 e. The normalized spacial score (nSPS) is 11.7. The number of carbonyl (C=O) groups is 1. The number of nitriles is 1. The van der Waals surface area contributed by atoms with Gasteiger partial charge in [0.15, 0.2) is 0 Å². The van der Waals surface area contributed by atoms with Crippen LogP contribution in [0.25, 0.3) is 10.4 Å². The number of alkyl halides is 3. The second kappa shape index (κ2) is 6.76. The van der Waals surface area contributed by atoms with E-state index in [0.29, 0.717) is 10.4 Å². The highest BCUT2D eigenvalue weighted by molar-refractivity contribution is 7.16. The Labute approximate surface area is 146 Å². The van der Waals surface area contributed by atoms with Gasteiger partial charge in [-0.05, 0) is 44.5 Å². The molecule has 0 fully saturated rings. The van der Waals surface area contributed by atoms with E-state index < -0.39 is 23.4 Å². The third kappa shape index (κ3) is 4.97. The van der Waals surface area contributed by atoms with Crippen LogP contribution < -0.4 is 5.32 Å².